The van der Waals surface area contributed by atoms with Crippen molar-refractivity contribution in [3.8, 4) is 0 Å². The molecule has 0 saturated heterocycles. The lowest BCUT2D eigenvalue weighted by Crippen LogP contribution is -2.16. The Morgan fingerprint density at radius 2 is 1.57 bits per heavy atom. The number of aryl methyl sites for hydroxylation is 1. The minimum atomic E-state index is -3.50. The van der Waals surface area contributed by atoms with Crippen LogP contribution in [0.4, 0.5) is 11.4 Å². The maximum absolute atomic E-state index is 12.9. The molecule has 3 aromatic carbocycles. The van der Waals surface area contributed by atoms with Crippen molar-refractivity contribution in [3.05, 3.63) is 94.0 Å². The molecule has 8 heteroatoms. The summed E-state index contributed by atoms with van der Waals surface area (Å²) >= 11 is 6.07. The minimum Gasteiger partial charge on any atom is -0.321 e. The number of sulfonamides is 1. The number of amides is 1. The second-order valence-electron chi connectivity index (χ2n) is 6.74. The number of ketones is 1. The van der Waals surface area contributed by atoms with E-state index in [2.05, 4.69) is 10.0 Å². The highest BCUT2D eigenvalue weighted by Crippen LogP contribution is 2.25. The van der Waals surface area contributed by atoms with Crippen LogP contribution in [0, 0.1) is 6.92 Å². The molecule has 0 aromatic heterocycles. The van der Waals surface area contributed by atoms with Crippen LogP contribution in [0.25, 0.3) is 0 Å². The summed E-state index contributed by atoms with van der Waals surface area (Å²) in [7, 11) is -3.50. The van der Waals surface area contributed by atoms with Crippen LogP contribution in [0.3, 0.4) is 0 Å². The molecule has 3 rings (SSSR count). The van der Waals surface area contributed by atoms with Crippen LogP contribution in [-0.2, 0) is 10.0 Å². The molecule has 30 heavy (non-hydrogen) atoms. The van der Waals surface area contributed by atoms with E-state index in [4.69, 9.17) is 11.6 Å². The summed E-state index contributed by atoms with van der Waals surface area (Å²) < 4.78 is 25.5. The average molecular weight is 443 g/mol. The van der Waals surface area contributed by atoms with Crippen molar-refractivity contribution in [3.63, 3.8) is 0 Å². The van der Waals surface area contributed by atoms with E-state index in [0.29, 0.717) is 27.5 Å². The van der Waals surface area contributed by atoms with Crippen LogP contribution in [0.2, 0.25) is 5.02 Å². The van der Waals surface area contributed by atoms with Crippen LogP contribution >= 0.6 is 11.6 Å². The number of carbonyl (C=O) groups excluding carboxylic acids is 2. The Bertz CT molecular complexity index is 1230. The van der Waals surface area contributed by atoms with E-state index in [0.717, 1.165) is 6.26 Å². The first kappa shape index (κ1) is 21.5. The van der Waals surface area contributed by atoms with E-state index in [1.54, 1.807) is 61.5 Å². The summed E-state index contributed by atoms with van der Waals surface area (Å²) in [4.78, 5) is 25.7. The average Bonchev–Trinajstić information content (AvgIpc) is 2.70. The molecule has 3 aromatic rings. The molecule has 0 aliphatic carbocycles. The van der Waals surface area contributed by atoms with Crippen LogP contribution in [0.15, 0.2) is 66.7 Å². The number of hydrogen-bond donors (Lipinski definition) is 2. The van der Waals surface area contributed by atoms with E-state index in [1.807, 2.05) is 0 Å². The fourth-order valence-electron chi connectivity index (χ4n) is 2.83. The second kappa shape index (κ2) is 8.69. The van der Waals surface area contributed by atoms with Gasteiger partial charge in [0, 0.05) is 21.7 Å². The molecule has 6 nitrogen and oxygen atoms in total. The van der Waals surface area contributed by atoms with Gasteiger partial charge in [0.2, 0.25) is 10.0 Å². The fraction of sp³-hybridized carbons (Fsp3) is 0.0909. The van der Waals surface area contributed by atoms with Gasteiger partial charge in [0.25, 0.3) is 5.91 Å². The summed E-state index contributed by atoms with van der Waals surface area (Å²) in [6, 6.07) is 17.9. The van der Waals surface area contributed by atoms with Crippen LogP contribution in [-0.4, -0.2) is 26.4 Å². The number of nitrogens with one attached hydrogen (secondary N) is 2. The molecule has 0 aliphatic rings. The van der Waals surface area contributed by atoms with Gasteiger partial charge in [-0.05, 0) is 42.8 Å². The number of rotatable bonds is 6. The first-order chi connectivity index (χ1) is 14.1. The fourth-order valence-corrected chi connectivity index (χ4v) is 3.62. The minimum absolute atomic E-state index is 0.236. The zero-order chi connectivity index (χ0) is 21.9. The third-order valence-electron chi connectivity index (χ3n) is 4.31. The van der Waals surface area contributed by atoms with Crippen molar-refractivity contribution in [2.45, 2.75) is 6.92 Å². The monoisotopic (exact) mass is 442 g/mol. The molecule has 0 saturated carbocycles. The number of hydrogen-bond acceptors (Lipinski definition) is 4. The summed E-state index contributed by atoms with van der Waals surface area (Å²) in [6.07, 6.45) is 1.04. The van der Waals surface area contributed by atoms with E-state index in [-0.39, 0.29) is 16.9 Å². The zero-order valence-corrected chi connectivity index (χ0v) is 17.8. The Balaban J connectivity index is 1.93. The summed E-state index contributed by atoms with van der Waals surface area (Å²) in [5, 5.41) is 3.08. The first-order valence-electron chi connectivity index (χ1n) is 8.93. The Labute approximate surface area is 179 Å². The maximum atomic E-state index is 12.9. The van der Waals surface area contributed by atoms with Gasteiger partial charge in [-0.25, -0.2) is 8.42 Å². The highest BCUT2D eigenvalue weighted by molar-refractivity contribution is 7.92. The lowest BCUT2D eigenvalue weighted by molar-refractivity contribution is 0.102. The number of halogens is 1. The number of carbonyl (C=O) groups is 2. The Kier molecular flexibility index (Phi) is 6.24. The predicted octanol–water partition coefficient (Wildman–Crippen LogP) is 4.50. The molecule has 0 fully saturated rings. The van der Waals surface area contributed by atoms with Crippen LogP contribution in [0.1, 0.15) is 31.8 Å². The van der Waals surface area contributed by atoms with Gasteiger partial charge in [0.1, 0.15) is 0 Å². The Hall–Kier alpha value is -3.16. The molecule has 0 aliphatic heterocycles. The molecule has 0 radical (unpaired) electrons. The third-order valence-corrected chi connectivity index (χ3v) is 5.13. The lowest BCUT2D eigenvalue weighted by atomic mass is 10.0. The predicted molar refractivity (Wildman–Crippen MR) is 119 cm³/mol. The number of anilines is 2. The van der Waals surface area contributed by atoms with Crippen molar-refractivity contribution < 1.29 is 18.0 Å². The molecule has 154 valence electrons. The summed E-state index contributed by atoms with van der Waals surface area (Å²) in [5.74, 6) is -0.771. The van der Waals surface area contributed by atoms with Crippen molar-refractivity contribution in [2.75, 3.05) is 16.3 Å². The highest BCUT2D eigenvalue weighted by atomic mass is 35.5. The van der Waals surface area contributed by atoms with Crippen molar-refractivity contribution in [1.82, 2.24) is 0 Å². The molecule has 0 unspecified atom stereocenters. The number of benzene rings is 3. The van der Waals surface area contributed by atoms with E-state index < -0.39 is 15.9 Å². The zero-order valence-electron chi connectivity index (χ0n) is 16.3. The van der Waals surface area contributed by atoms with Gasteiger partial charge >= 0.3 is 0 Å². The van der Waals surface area contributed by atoms with Crippen molar-refractivity contribution in [2.24, 2.45) is 0 Å². The molecule has 0 atom stereocenters. The van der Waals surface area contributed by atoms with Gasteiger partial charge in [-0.1, -0.05) is 48.0 Å². The van der Waals surface area contributed by atoms with Gasteiger partial charge in [-0.2, -0.15) is 0 Å². The molecule has 2 N–H and O–H groups in total. The topological polar surface area (TPSA) is 92.3 Å². The SMILES string of the molecule is Cc1ccc(C(=O)Nc2ccc(Cl)cc2C(=O)c2ccccc2)cc1NS(C)(=O)=O. The van der Waals surface area contributed by atoms with Crippen LogP contribution in [0.5, 0.6) is 0 Å². The first-order valence-corrected chi connectivity index (χ1v) is 11.2. The molecule has 0 bridgehead atoms. The van der Waals surface area contributed by atoms with Gasteiger partial charge < -0.3 is 5.32 Å². The largest absolute Gasteiger partial charge is 0.321 e. The van der Waals surface area contributed by atoms with Crippen molar-refractivity contribution in [1.29, 1.82) is 0 Å². The van der Waals surface area contributed by atoms with E-state index in [9.17, 15) is 18.0 Å². The van der Waals surface area contributed by atoms with Gasteiger partial charge in [-0.15, -0.1) is 0 Å². The lowest BCUT2D eigenvalue weighted by Gasteiger charge is -2.13. The Morgan fingerprint density at radius 1 is 0.867 bits per heavy atom. The molecular formula is C22H19ClN2O4S. The van der Waals surface area contributed by atoms with Gasteiger partial charge in [-0.3, -0.25) is 14.3 Å². The van der Waals surface area contributed by atoms with Crippen molar-refractivity contribution >= 4 is 44.7 Å². The van der Waals surface area contributed by atoms with Crippen LogP contribution < -0.4 is 10.0 Å². The standard InChI is InChI=1S/C22H19ClN2O4S/c1-14-8-9-16(12-20(14)25-30(2,28)29)22(27)24-19-11-10-17(23)13-18(19)21(26)15-6-4-3-5-7-15/h3-13,25H,1-2H3,(H,24,27). The molecule has 0 heterocycles. The highest BCUT2D eigenvalue weighted by Gasteiger charge is 2.17. The normalized spacial score (nSPS) is 11.0. The van der Waals surface area contributed by atoms with E-state index in [1.165, 1.54) is 12.1 Å². The summed E-state index contributed by atoms with van der Waals surface area (Å²) in [6.45, 7) is 1.73. The summed E-state index contributed by atoms with van der Waals surface area (Å²) in [5.41, 5.74) is 2.23. The Morgan fingerprint density at radius 3 is 2.23 bits per heavy atom. The maximum Gasteiger partial charge on any atom is 0.255 e. The second-order valence-corrected chi connectivity index (χ2v) is 8.93. The molecule has 0 spiro atoms. The molecule has 1 amide bonds. The molecular weight excluding hydrogens is 424 g/mol. The smallest absolute Gasteiger partial charge is 0.255 e. The quantitative estimate of drug-likeness (QED) is 0.549. The third kappa shape index (κ3) is 5.25. The van der Waals surface area contributed by atoms with E-state index >= 15 is 0 Å². The van der Waals surface area contributed by atoms with Gasteiger partial charge in [0.05, 0.1) is 17.6 Å². The van der Waals surface area contributed by atoms with Gasteiger partial charge in [0.15, 0.2) is 5.78 Å².